The Morgan fingerprint density at radius 2 is 2.08 bits per heavy atom. The zero-order chi connectivity index (χ0) is 18.0. The number of nitrogens with one attached hydrogen (secondary N) is 2. The minimum Gasteiger partial charge on any atom is -0.497 e. The van der Waals surface area contributed by atoms with Gasteiger partial charge in [-0.2, -0.15) is 0 Å². The molecule has 25 heavy (non-hydrogen) atoms. The van der Waals surface area contributed by atoms with Crippen LogP contribution >= 0.6 is 11.8 Å². The minimum atomic E-state index is -0.453. The van der Waals surface area contributed by atoms with Crippen LogP contribution in [0.5, 0.6) is 11.5 Å². The number of thioether (sulfide) groups is 1. The summed E-state index contributed by atoms with van der Waals surface area (Å²) in [7, 11) is 3.12. The van der Waals surface area contributed by atoms with Crippen molar-refractivity contribution in [2.75, 3.05) is 25.3 Å². The van der Waals surface area contributed by atoms with Crippen LogP contribution in [0.2, 0.25) is 0 Å². The van der Waals surface area contributed by atoms with Crippen molar-refractivity contribution < 1.29 is 14.3 Å². The monoisotopic (exact) mass is 361 g/mol. The van der Waals surface area contributed by atoms with Gasteiger partial charge < -0.3 is 19.8 Å². The highest BCUT2D eigenvalue weighted by Crippen LogP contribution is 2.40. The average Bonchev–Trinajstić information content (AvgIpc) is 2.60. The Morgan fingerprint density at radius 1 is 1.28 bits per heavy atom. The van der Waals surface area contributed by atoms with E-state index in [0.717, 1.165) is 11.3 Å². The second-order valence-corrected chi connectivity index (χ2v) is 6.73. The fourth-order valence-electron chi connectivity index (χ4n) is 2.93. The molecule has 2 aromatic rings. The predicted octanol–water partition coefficient (Wildman–Crippen LogP) is 2.37. The van der Waals surface area contributed by atoms with Crippen molar-refractivity contribution in [1.29, 1.82) is 0 Å². The predicted molar refractivity (Wildman–Crippen MR) is 95.9 cm³/mol. The summed E-state index contributed by atoms with van der Waals surface area (Å²) in [6.45, 7) is 1.96. The third-order valence-electron chi connectivity index (χ3n) is 4.02. The van der Waals surface area contributed by atoms with Crippen molar-refractivity contribution >= 4 is 23.5 Å². The standard InChI is InChI=1S/C17H19N3O4S/c1-4-25-17-19-15-14(16(22)20-17)11(8-13(21)18-15)10-7-9(23-2)5-6-12(10)24-3/h5-7,11H,4,8H2,1-3H3,(H2,18,19,20,21,22). The molecule has 1 unspecified atom stereocenters. The molecule has 1 amide bonds. The normalized spacial score (nSPS) is 16.1. The highest BCUT2D eigenvalue weighted by Gasteiger charge is 2.33. The Morgan fingerprint density at radius 3 is 2.76 bits per heavy atom. The zero-order valence-electron chi connectivity index (χ0n) is 14.2. The lowest BCUT2D eigenvalue weighted by atomic mass is 9.86. The van der Waals surface area contributed by atoms with E-state index in [1.807, 2.05) is 6.92 Å². The first-order valence-electron chi connectivity index (χ1n) is 7.86. The molecule has 1 aromatic heterocycles. The number of anilines is 1. The second kappa shape index (κ2) is 7.18. The fraction of sp³-hybridized carbons (Fsp3) is 0.353. The summed E-state index contributed by atoms with van der Waals surface area (Å²) in [5, 5.41) is 3.20. The molecule has 0 saturated heterocycles. The summed E-state index contributed by atoms with van der Waals surface area (Å²) in [6.07, 6.45) is 0.140. The number of rotatable bonds is 5. The number of benzene rings is 1. The first-order valence-corrected chi connectivity index (χ1v) is 8.84. The molecule has 1 aliphatic rings. The number of methoxy groups -OCH3 is 2. The quantitative estimate of drug-likeness (QED) is 0.627. The van der Waals surface area contributed by atoms with E-state index in [9.17, 15) is 9.59 Å². The molecule has 0 radical (unpaired) electrons. The summed E-state index contributed by atoms with van der Waals surface area (Å²) < 4.78 is 10.7. The maximum Gasteiger partial charge on any atom is 0.257 e. The van der Waals surface area contributed by atoms with Gasteiger partial charge >= 0.3 is 0 Å². The average molecular weight is 361 g/mol. The van der Waals surface area contributed by atoms with Crippen molar-refractivity contribution in [1.82, 2.24) is 9.97 Å². The van der Waals surface area contributed by atoms with Gasteiger partial charge in [0.05, 0.1) is 19.8 Å². The van der Waals surface area contributed by atoms with Crippen LogP contribution in [0.1, 0.15) is 30.4 Å². The minimum absolute atomic E-state index is 0.140. The Hall–Kier alpha value is -2.48. The van der Waals surface area contributed by atoms with Gasteiger partial charge in [-0.05, 0) is 24.0 Å². The molecular weight excluding hydrogens is 342 g/mol. The maximum absolute atomic E-state index is 12.7. The number of aromatic amines is 1. The van der Waals surface area contributed by atoms with Crippen LogP contribution in [0.15, 0.2) is 28.2 Å². The summed E-state index contributed by atoms with van der Waals surface area (Å²) in [4.78, 5) is 32.1. The molecule has 1 atom stereocenters. The van der Waals surface area contributed by atoms with Gasteiger partial charge in [0.1, 0.15) is 17.3 Å². The molecule has 0 bridgehead atoms. The number of hydrogen-bond donors (Lipinski definition) is 2. The van der Waals surface area contributed by atoms with Gasteiger partial charge in [-0.15, -0.1) is 0 Å². The van der Waals surface area contributed by atoms with Crippen LogP contribution in [0, 0.1) is 0 Å². The van der Waals surface area contributed by atoms with Gasteiger partial charge in [-0.1, -0.05) is 18.7 Å². The largest absolute Gasteiger partial charge is 0.497 e. The van der Waals surface area contributed by atoms with Crippen molar-refractivity contribution in [3.05, 3.63) is 39.7 Å². The summed E-state index contributed by atoms with van der Waals surface area (Å²) in [5.74, 6) is 1.66. The number of aromatic nitrogens is 2. The number of carbonyl (C=O) groups excluding carboxylic acids is 1. The van der Waals surface area contributed by atoms with Crippen molar-refractivity contribution in [3.8, 4) is 11.5 Å². The highest BCUT2D eigenvalue weighted by atomic mass is 32.2. The summed E-state index contributed by atoms with van der Waals surface area (Å²) >= 11 is 1.41. The molecule has 0 saturated carbocycles. The SMILES string of the molecule is CCSc1nc2c(c(=O)[nH]1)C(c1cc(OC)ccc1OC)CC(=O)N2. The van der Waals surface area contributed by atoms with E-state index in [2.05, 4.69) is 15.3 Å². The molecule has 3 rings (SSSR count). The molecule has 1 aromatic carbocycles. The fourth-order valence-corrected chi connectivity index (χ4v) is 3.53. The van der Waals surface area contributed by atoms with E-state index in [1.165, 1.54) is 11.8 Å². The number of amides is 1. The number of nitrogens with zero attached hydrogens (tertiary/aromatic N) is 1. The van der Waals surface area contributed by atoms with Crippen molar-refractivity contribution in [2.45, 2.75) is 24.4 Å². The first-order chi connectivity index (χ1) is 12.1. The molecule has 0 spiro atoms. The summed E-state index contributed by atoms with van der Waals surface area (Å²) in [5.41, 5.74) is 0.906. The molecule has 1 aliphatic heterocycles. The van der Waals surface area contributed by atoms with Gasteiger partial charge in [0.2, 0.25) is 5.91 Å². The molecule has 8 heteroatoms. The maximum atomic E-state index is 12.7. The smallest absolute Gasteiger partial charge is 0.257 e. The van der Waals surface area contributed by atoms with Crippen molar-refractivity contribution in [3.63, 3.8) is 0 Å². The Bertz CT molecular complexity index is 865. The van der Waals surface area contributed by atoms with E-state index in [4.69, 9.17) is 9.47 Å². The van der Waals surface area contributed by atoms with Crippen LogP contribution in [0.3, 0.4) is 0 Å². The summed E-state index contributed by atoms with van der Waals surface area (Å²) in [6, 6.07) is 5.33. The molecule has 2 heterocycles. The molecule has 7 nitrogen and oxygen atoms in total. The van der Waals surface area contributed by atoms with Gasteiger partial charge in [0.15, 0.2) is 5.16 Å². The van der Waals surface area contributed by atoms with E-state index >= 15 is 0 Å². The van der Waals surface area contributed by atoms with Crippen LogP contribution in [0.4, 0.5) is 5.82 Å². The van der Waals surface area contributed by atoms with Gasteiger partial charge in [0, 0.05) is 17.9 Å². The Balaban J connectivity index is 2.17. The Kier molecular flexibility index (Phi) is 4.98. The molecule has 2 N–H and O–H groups in total. The topological polar surface area (TPSA) is 93.3 Å². The third kappa shape index (κ3) is 3.34. The number of hydrogen-bond acceptors (Lipinski definition) is 6. The number of carbonyl (C=O) groups is 1. The van der Waals surface area contributed by atoms with Crippen LogP contribution < -0.4 is 20.3 Å². The highest BCUT2D eigenvalue weighted by molar-refractivity contribution is 7.99. The lowest BCUT2D eigenvalue weighted by molar-refractivity contribution is -0.116. The third-order valence-corrected chi connectivity index (χ3v) is 4.78. The second-order valence-electron chi connectivity index (χ2n) is 5.48. The first kappa shape index (κ1) is 17.3. The number of H-pyrrole nitrogens is 1. The van der Waals surface area contributed by atoms with Crippen molar-refractivity contribution in [2.24, 2.45) is 0 Å². The van der Waals surface area contributed by atoms with Gasteiger partial charge in [-0.25, -0.2) is 4.98 Å². The molecule has 132 valence electrons. The molecule has 0 aliphatic carbocycles. The Labute approximate surface area is 149 Å². The van der Waals surface area contributed by atoms with E-state index in [0.29, 0.717) is 28.0 Å². The van der Waals surface area contributed by atoms with E-state index in [1.54, 1.807) is 32.4 Å². The van der Waals surface area contributed by atoms with Gasteiger partial charge in [-0.3, -0.25) is 9.59 Å². The van der Waals surface area contributed by atoms with E-state index < -0.39 is 5.92 Å². The van der Waals surface area contributed by atoms with Crippen LogP contribution in [-0.4, -0.2) is 35.8 Å². The number of fused-ring (bicyclic) bond motifs is 1. The molecule has 0 fully saturated rings. The number of ether oxygens (including phenoxy) is 2. The van der Waals surface area contributed by atoms with E-state index in [-0.39, 0.29) is 17.9 Å². The lowest BCUT2D eigenvalue weighted by Gasteiger charge is -2.26. The van der Waals surface area contributed by atoms with Crippen LogP contribution in [-0.2, 0) is 4.79 Å². The van der Waals surface area contributed by atoms with Crippen LogP contribution in [0.25, 0.3) is 0 Å². The molecular formula is C17H19N3O4S. The lowest BCUT2D eigenvalue weighted by Crippen LogP contribution is -2.31. The zero-order valence-corrected chi connectivity index (χ0v) is 15.0. The van der Waals surface area contributed by atoms with Gasteiger partial charge in [0.25, 0.3) is 5.56 Å².